The first-order valence-corrected chi connectivity index (χ1v) is 11.5. The molecule has 2 aliphatic heterocycles. The summed E-state index contributed by atoms with van der Waals surface area (Å²) in [6, 6.07) is 8.46. The summed E-state index contributed by atoms with van der Waals surface area (Å²) in [5, 5.41) is 8.79. The van der Waals surface area contributed by atoms with Gasteiger partial charge < -0.3 is 20.9 Å². The van der Waals surface area contributed by atoms with E-state index >= 15 is 0 Å². The number of halogens is 3. The second-order valence-corrected chi connectivity index (χ2v) is 9.13. The number of hydrogen-bond donors (Lipinski definition) is 4. The topological polar surface area (TPSA) is 98.9 Å². The summed E-state index contributed by atoms with van der Waals surface area (Å²) in [5.41, 5.74) is 2.13. The van der Waals surface area contributed by atoms with Crippen LogP contribution in [0.15, 0.2) is 55.3 Å². The Morgan fingerprint density at radius 3 is 2.65 bits per heavy atom. The Hall–Kier alpha value is -3.92. The van der Waals surface area contributed by atoms with Gasteiger partial charge in [-0.05, 0) is 61.9 Å². The fourth-order valence-electron chi connectivity index (χ4n) is 4.93. The van der Waals surface area contributed by atoms with Crippen LogP contribution in [0, 0.1) is 0 Å². The number of carbonyl (C=O) groups excluding carboxylic acids is 2. The van der Waals surface area contributed by atoms with Gasteiger partial charge in [-0.15, -0.1) is 0 Å². The fraction of sp³-hybridized carbons (Fsp3) is 0.296. The average molecular weight is 512 g/mol. The standard InChI is InChI=1S/C26H24F3N5O2.CH4/c1-2-22(35)33-18-9-16(8-17(11-18)26(27,28)29)20-10-15(4-7-31-20)21-12-19-23(34-21)25(14-32-24(19)36)5-3-6-30-13-25;/h2,4,7-12,30,34H,1,3,5-6,13-14H2,(H,32,36)(H,33,35);1H4. The molecule has 1 unspecified atom stereocenters. The third-order valence-corrected chi connectivity index (χ3v) is 6.73. The molecule has 1 aromatic carbocycles. The van der Waals surface area contributed by atoms with Gasteiger partial charge in [-0.2, -0.15) is 13.2 Å². The van der Waals surface area contributed by atoms with Gasteiger partial charge in [-0.1, -0.05) is 14.0 Å². The minimum absolute atomic E-state index is 0. The molecule has 4 N–H and O–H groups in total. The van der Waals surface area contributed by atoms with Crippen LogP contribution in [-0.2, 0) is 16.4 Å². The Morgan fingerprint density at radius 2 is 1.95 bits per heavy atom. The third kappa shape index (κ3) is 5.01. The van der Waals surface area contributed by atoms with E-state index in [1.54, 1.807) is 18.2 Å². The second kappa shape index (κ2) is 9.85. The van der Waals surface area contributed by atoms with Crippen molar-refractivity contribution in [2.24, 2.45) is 0 Å². The van der Waals surface area contributed by atoms with Crippen molar-refractivity contribution in [1.82, 2.24) is 20.6 Å². The number of nitrogens with zero attached hydrogens (tertiary/aromatic N) is 1. The number of carbonyl (C=O) groups is 2. The van der Waals surface area contributed by atoms with Crippen molar-refractivity contribution in [1.29, 1.82) is 0 Å². The number of aromatic amines is 1. The van der Waals surface area contributed by atoms with Gasteiger partial charge in [0.1, 0.15) is 0 Å². The van der Waals surface area contributed by atoms with Crippen LogP contribution in [0.25, 0.3) is 22.5 Å². The van der Waals surface area contributed by atoms with Gasteiger partial charge >= 0.3 is 6.18 Å². The molecular formula is C27H28F3N5O2. The number of fused-ring (bicyclic) bond motifs is 2. The minimum Gasteiger partial charge on any atom is -0.357 e. The summed E-state index contributed by atoms with van der Waals surface area (Å²) < 4.78 is 40.7. The number of benzene rings is 1. The first-order valence-electron chi connectivity index (χ1n) is 11.5. The Morgan fingerprint density at radius 1 is 1.14 bits per heavy atom. The van der Waals surface area contributed by atoms with Gasteiger partial charge in [-0.3, -0.25) is 14.6 Å². The Labute approximate surface area is 212 Å². The van der Waals surface area contributed by atoms with E-state index < -0.39 is 17.6 Å². The Balaban J connectivity index is 0.00000320. The van der Waals surface area contributed by atoms with Gasteiger partial charge in [0, 0.05) is 52.9 Å². The number of pyridine rings is 1. The number of amides is 2. The maximum atomic E-state index is 13.6. The number of piperidine rings is 1. The zero-order chi connectivity index (χ0) is 25.5. The van der Waals surface area contributed by atoms with E-state index in [0.29, 0.717) is 29.1 Å². The van der Waals surface area contributed by atoms with Crippen molar-refractivity contribution < 1.29 is 22.8 Å². The molecule has 0 radical (unpaired) electrons. The van der Waals surface area contributed by atoms with Crippen molar-refractivity contribution >= 4 is 17.5 Å². The number of alkyl halides is 3. The molecule has 3 aromatic rings. The minimum atomic E-state index is -4.62. The molecule has 7 nitrogen and oxygen atoms in total. The number of nitrogens with one attached hydrogen (secondary N) is 4. The molecule has 2 amide bonds. The maximum absolute atomic E-state index is 13.6. The van der Waals surface area contributed by atoms with Crippen LogP contribution < -0.4 is 16.0 Å². The van der Waals surface area contributed by atoms with Crippen molar-refractivity contribution in [2.75, 3.05) is 25.0 Å². The van der Waals surface area contributed by atoms with Crippen molar-refractivity contribution in [3.63, 3.8) is 0 Å². The fourth-order valence-corrected chi connectivity index (χ4v) is 4.93. The van der Waals surface area contributed by atoms with E-state index in [4.69, 9.17) is 0 Å². The number of aromatic nitrogens is 2. The first-order chi connectivity index (χ1) is 17.2. The zero-order valence-electron chi connectivity index (χ0n) is 19.3. The van der Waals surface area contributed by atoms with Crippen LogP contribution >= 0.6 is 0 Å². The molecule has 0 aliphatic carbocycles. The summed E-state index contributed by atoms with van der Waals surface area (Å²) in [6.07, 6.45) is -0.210. The molecule has 1 spiro atoms. The summed E-state index contributed by atoms with van der Waals surface area (Å²) >= 11 is 0. The lowest BCUT2D eigenvalue weighted by molar-refractivity contribution is -0.137. The van der Waals surface area contributed by atoms with E-state index in [2.05, 4.69) is 32.5 Å². The molecule has 10 heteroatoms. The van der Waals surface area contributed by atoms with E-state index in [1.165, 1.54) is 12.3 Å². The SMILES string of the molecule is C.C=CC(=O)Nc1cc(-c2cc(-c3cc4c([nH]3)C3(CCCNC3)CNC4=O)ccn2)cc(C(F)(F)F)c1. The van der Waals surface area contributed by atoms with Crippen LogP contribution in [0.5, 0.6) is 0 Å². The van der Waals surface area contributed by atoms with Gasteiger partial charge in [-0.25, -0.2) is 0 Å². The largest absolute Gasteiger partial charge is 0.416 e. The van der Waals surface area contributed by atoms with E-state index in [9.17, 15) is 22.8 Å². The van der Waals surface area contributed by atoms with Crippen LogP contribution in [0.2, 0.25) is 0 Å². The molecule has 1 atom stereocenters. The number of H-pyrrole nitrogens is 1. The molecule has 194 valence electrons. The monoisotopic (exact) mass is 511 g/mol. The maximum Gasteiger partial charge on any atom is 0.416 e. The highest BCUT2D eigenvalue weighted by atomic mass is 19.4. The van der Waals surface area contributed by atoms with Crippen molar-refractivity contribution in [3.05, 3.63) is 72.1 Å². The number of anilines is 1. The molecule has 1 saturated heterocycles. The summed E-state index contributed by atoms with van der Waals surface area (Å²) in [6.45, 7) is 5.54. The lowest BCUT2D eigenvalue weighted by atomic mass is 9.74. The van der Waals surface area contributed by atoms with E-state index in [0.717, 1.165) is 49.8 Å². The molecule has 5 rings (SSSR count). The van der Waals surface area contributed by atoms with Gasteiger partial charge in [0.25, 0.3) is 5.91 Å². The molecule has 0 saturated carbocycles. The van der Waals surface area contributed by atoms with Gasteiger partial charge in [0.2, 0.25) is 5.91 Å². The zero-order valence-corrected chi connectivity index (χ0v) is 19.3. The summed E-state index contributed by atoms with van der Waals surface area (Å²) in [5.74, 6) is -0.776. The highest BCUT2D eigenvalue weighted by molar-refractivity contribution is 6.00. The van der Waals surface area contributed by atoms with E-state index in [1.807, 2.05) is 0 Å². The van der Waals surface area contributed by atoms with Crippen molar-refractivity contribution in [3.8, 4) is 22.5 Å². The smallest absolute Gasteiger partial charge is 0.357 e. The lowest BCUT2D eigenvalue weighted by Crippen LogP contribution is -2.54. The van der Waals surface area contributed by atoms with Gasteiger partial charge in [0.05, 0.1) is 16.8 Å². The van der Waals surface area contributed by atoms with Gasteiger partial charge in [0.15, 0.2) is 0 Å². The first kappa shape index (κ1) is 26.2. The normalized spacial score (nSPS) is 18.9. The highest BCUT2D eigenvalue weighted by Gasteiger charge is 2.42. The van der Waals surface area contributed by atoms with Crippen molar-refractivity contribution in [2.45, 2.75) is 31.9 Å². The highest BCUT2D eigenvalue weighted by Crippen LogP contribution is 2.39. The number of hydrogen-bond acceptors (Lipinski definition) is 4. The molecule has 4 heterocycles. The summed E-state index contributed by atoms with van der Waals surface area (Å²) in [4.78, 5) is 32.0. The summed E-state index contributed by atoms with van der Waals surface area (Å²) in [7, 11) is 0. The van der Waals surface area contributed by atoms with E-state index in [-0.39, 0.29) is 30.0 Å². The Kier molecular flexibility index (Phi) is 6.96. The number of rotatable bonds is 4. The van der Waals surface area contributed by atoms with Crippen LogP contribution in [0.1, 0.15) is 41.9 Å². The molecular weight excluding hydrogens is 483 g/mol. The van der Waals surface area contributed by atoms with Crippen LogP contribution in [-0.4, -0.2) is 41.4 Å². The molecule has 37 heavy (non-hydrogen) atoms. The quantitative estimate of drug-likeness (QED) is 0.375. The second-order valence-electron chi connectivity index (χ2n) is 9.13. The molecule has 0 bridgehead atoms. The van der Waals surface area contributed by atoms with Crippen LogP contribution in [0.4, 0.5) is 18.9 Å². The average Bonchev–Trinajstić information content (AvgIpc) is 3.34. The van der Waals surface area contributed by atoms with Crippen LogP contribution in [0.3, 0.4) is 0 Å². The molecule has 1 fully saturated rings. The predicted molar refractivity (Wildman–Crippen MR) is 136 cm³/mol. The predicted octanol–water partition coefficient (Wildman–Crippen LogP) is 4.89. The lowest BCUT2D eigenvalue weighted by Gasteiger charge is -2.40. The third-order valence-electron chi connectivity index (χ3n) is 6.73. The molecule has 2 aromatic heterocycles. The Bertz CT molecular complexity index is 1360. The molecule has 2 aliphatic rings.